The molecule has 20 heavy (non-hydrogen) atoms. The summed E-state index contributed by atoms with van der Waals surface area (Å²) >= 11 is 0. The molecule has 0 aromatic heterocycles. The van der Waals surface area contributed by atoms with Crippen LogP contribution in [0.25, 0.3) is 0 Å². The molecule has 2 atom stereocenters. The summed E-state index contributed by atoms with van der Waals surface area (Å²) in [7, 11) is 0. The summed E-state index contributed by atoms with van der Waals surface area (Å²) in [5, 5.41) is 0. The van der Waals surface area contributed by atoms with Crippen LogP contribution in [0.1, 0.15) is 27.7 Å². The van der Waals surface area contributed by atoms with Crippen LogP contribution in [0.4, 0.5) is 8.78 Å². The zero-order valence-electron chi connectivity index (χ0n) is 11.8. The summed E-state index contributed by atoms with van der Waals surface area (Å²) in [6, 6.07) is 0. The number of halogens is 2. The molecule has 8 heteroatoms. The Morgan fingerprint density at radius 3 is 2.45 bits per heavy atom. The van der Waals surface area contributed by atoms with Crippen LogP contribution < -0.4 is 0 Å². The lowest BCUT2D eigenvalue weighted by atomic mass is 10.1. The Morgan fingerprint density at radius 2 is 2.05 bits per heavy atom. The maximum atomic E-state index is 14.0. The predicted molar refractivity (Wildman–Crippen MR) is 62.0 cm³/mol. The van der Waals surface area contributed by atoms with Gasteiger partial charge in [0.05, 0.1) is 13.2 Å². The monoisotopic (exact) mass is 296 g/mol. The van der Waals surface area contributed by atoms with E-state index in [1.807, 2.05) is 0 Å². The quantitative estimate of drug-likeness (QED) is 0.711. The van der Waals surface area contributed by atoms with Crippen molar-refractivity contribution in [3.05, 3.63) is 0 Å². The second kappa shape index (κ2) is 6.01. The van der Waals surface area contributed by atoms with Crippen LogP contribution in [0.3, 0.4) is 0 Å². The van der Waals surface area contributed by atoms with Crippen LogP contribution >= 0.6 is 0 Å². The van der Waals surface area contributed by atoms with E-state index in [-0.39, 0.29) is 13.2 Å². The Bertz CT molecular complexity index is 382. The van der Waals surface area contributed by atoms with E-state index in [1.165, 1.54) is 20.8 Å². The van der Waals surface area contributed by atoms with Gasteiger partial charge in [-0.15, -0.1) is 0 Å². The van der Waals surface area contributed by atoms with Gasteiger partial charge in [0.25, 0.3) is 0 Å². The summed E-state index contributed by atoms with van der Waals surface area (Å²) in [5.41, 5.74) is 0. The Labute approximate surface area is 115 Å². The number of esters is 2. The standard InChI is InChI=1S/C12H18F2O6/c1-5-17-10(16)12(13,14)9(19-7(2)15)8-6-18-11(3,4)20-8/h8-9H,5-6H2,1-4H3. The Morgan fingerprint density at radius 1 is 1.45 bits per heavy atom. The van der Waals surface area contributed by atoms with Gasteiger partial charge in [0.1, 0.15) is 6.10 Å². The summed E-state index contributed by atoms with van der Waals surface area (Å²) in [4.78, 5) is 22.3. The zero-order valence-corrected chi connectivity index (χ0v) is 11.8. The summed E-state index contributed by atoms with van der Waals surface area (Å²) < 4.78 is 47.4. The molecule has 0 amide bonds. The van der Waals surface area contributed by atoms with Crippen molar-refractivity contribution >= 4 is 11.9 Å². The second-order valence-electron chi connectivity index (χ2n) is 4.74. The van der Waals surface area contributed by atoms with Gasteiger partial charge in [-0.1, -0.05) is 0 Å². The molecular weight excluding hydrogens is 278 g/mol. The minimum Gasteiger partial charge on any atom is -0.461 e. The smallest absolute Gasteiger partial charge is 0.381 e. The number of carbonyl (C=O) groups is 2. The first-order chi connectivity index (χ1) is 9.10. The van der Waals surface area contributed by atoms with E-state index in [4.69, 9.17) is 9.47 Å². The molecule has 0 N–H and O–H groups in total. The van der Waals surface area contributed by atoms with E-state index in [2.05, 4.69) is 9.47 Å². The van der Waals surface area contributed by atoms with Gasteiger partial charge < -0.3 is 18.9 Å². The number of hydrogen-bond acceptors (Lipinski definition) is 6. The van der Waals surface area contributed by atoms with Crippen molar-refractivity contribution in [2.75, 3.05) is 13.2 Å². The minimum atomic E-state index is -4.02. The highest BCUT2D eigenvalue weighted by atomic mass is 19.3. The van der Waals surface area contributed by atoms with Crippen molar-refractivity contribution in [1.29, 1.82) is 0 Å². The molecule has 1 saturated heterocycles. The molecule has 2 unspecified atom stereocenters. The maximum absolute atomic E-state index is 14.0. The number of alkyl halides is 2. The fraction of sp³-hybridized carbons (Fsp3) is 0.833. The highest BCUT2D eigenvalue weighted by molar-refractivity contribution is 5.79. The van der Waals surface area contributed by atoms with Gasteiger partial charge in [-0.2, -0.15) is 8.78 Å². The van der Waals surface area contributed by atoms with Gasteiger partial charge in [0.15, 0.2) is 5.79 Å². The molecule has 1 aliphatic rings. The topological polar surface area (TPSA) is 71.1 Å². The molecule has 0 bridgehead atoms. The molecule has 0 aromatic rings. The van der Waals surface area contributed by atoms with E-state index in [1.54, 1.807) is 0 Å². The number of carbonyl (C=O) groups excluding carboxylic acids is 2. The van der Waals surface area contributed by atoms with E-state index in [0.717, 1.165) is 6.92 Å². The van der Waals surface area contributed by atoms with Crippen molar-refractivity contribution in [2.24, 2.45) is 0 Å². The van der Waals surface area contributed by atoms with E-state index < -0.39 is 35.9 Å². The molecule has 1 rings (SSSR count). The Hall–Kier alpha value is -1.28. The van der Waals surface area contributed by atoms with Gasteiger partial charge in [0, 0.05) is 6.92 Å². The second-order valence-corrected chi connectivity index (χ2v) is 4.74. The number of rotatable bonds is 5. The predicted octanol–water partition coefficient (Wildman–Crippen LogP) is 1.27. The van der Waals surface area contributed by atoms with Gasteiger partial charge in [-0.05, 0) is 20.8 Å². The lowest BCUT2D eigenvalue weighted by Gasteiger charge is -2.28. The lowest BCUT2D eigenvalue weighted by Crippen LogP contribution is -2.52. The fourth-order valence-corrected chi connectivity index (χ4v) is 1.77. The number of ether oxygens (including phenoxy) is 4. The SMILES string of the molecule is CCOC(=O)C(F)(F)C(OC(C)=O)C1COC(C)(C)O1. The first-order valence-corrected chi connectivity index (χ1v) is 6.14. The first kappa shape index (κ1) is 16.8. The molecule has 1 aliphatic heterocycles. The average Bonchev–Trinajstić information content (AvgIpc) is 2.66. The van der Waals surface area contributed by atoms with E-state index in [9.17, 15) is 18.4 Å². The Kier molecular flexibility index (Phi) is 5.04. The molecule has 116 valence electrons. The summed E-state index contributed by atoms with van der Waals surface area (Å²) in [6.45, 7) is 4.98. The van der Waals surface area contributed by atoms with Gasteiger partial charge in [0.2, 0.25) is 6.10 Å². The van der Waals surface area contributed by atoms with E-state index >= 15 is 0 Å². The maximum Gasteiger partial charge on any atom is 0.381 e. The minimum absolute atomic E-state index is 0.214. The van der Waals surface area contributed by atoms with Gasteiger partial charge in [-0.3, -0.25) is 4.79 Å². The fourth-order valence-electron chi connectivity index (χ4n) is 1.77. The molecule has 0 radical (unpaired) electrons. The lowest BCUT2D eigenvalue weighted by molar-refractivity contribution is -0.219. The third kappa shape index (κ3) is 3.86. The third-order valence-electron chi connectivity index (χ3n) is 2.57. The first-order valence-electron chi connectivity index (χ1n) is 6.14. The summed E-state index contributed by atoms with van der Waals surface area (Å²) in [5.74, 6) is -7.82. The molecular formula is C12H18F2O6. The summed E-state index contributed by atoms with van der Waals surface area (Å²) in [6.07, 6.45) is -3.35. The average molecular weight is 296 g/mol. The van der Waals surface area contributed by atoms with Crippen molar-refractivity contribution < 1.29 is 37.3 Å². The van der Waals surface area contributed by atoms with Crippen LogP contribution in [0, 0.1) is 0 Å². The van der Waals surface area contributed by atoms with Gasteiger partial charge in [-0.25, -0.2) is 4.79 Å². The molecule has 0 spiro atoms. The van der Waals surface area contributed by atoms with Crippen LogP contribution in [0.15, 0.2) is 0 Å². The van der Waals surface area contributed by atoms with Crippen molar-refractivity contribution in [1.82, 2.24) is 0 Å². The molecule has 0 saturated carbocycles. The molecule has 6 nitrogen and oxygen atoms in total. The highest BCUT2D eigenvalue weighted by Crippen LogP contribution is 2.33. The van der Waals surface area contributed by atoms with Crippen molar-refractivity contribution in [3.63, 3.8) is 0 Å². The number of hydrogen-bond donors (Lipinski definition) is 0. The highest BCUT2D eigenvalue weighted by Gasteiger charge is 2.57. The molecule has 1 heterocycles. The molecule has 0 aliphatic carbocycles. The normalized spacial score (nSPS) is 23.2. The van der Waals surface area contributed by atoms with Crippen molar-refractivity contribution in [2.45, 2.75) is 51.6 Å². The van der Waals surface area contributed by atoms with Crippen molar-refractivity contribution in [3.8, 4) is 0 Å². The van der Waals surface area contributed by atoms with E-state index in [0.29, 0.717) is 0 Å². The third-order valence-corrected chi connectivity index (χ3v) is 2.57. The zero-order chi connectivity index (χ0) is 15.6. The largest absolute Gasteiger partial charge is 0.461 e. The van der Waals surface area contributed by atoms with Crippen LogP contribution in [0.5, 0.6) is 0 Å². The van der Waals surface area contributed by atoms with Gasteiger partial charge >= 0.3 is 17.9 Å². The molecule has 0 aromatic carbocycles. The van der Waals surface area contributed by atoms with Crippen LogP contribution in [0.2, 0.25) is 0 Å². The van der Waals surface area contributed by atoms with Crippen LogP contribution in [-0.4, -0.2) is 49.1 Å². The van der Waals surface area contributed by atoms with Crippen LogP contribution in [-0.2, 0) is 28.5 Å². The Balaban J connectivity index is 2.94. The molecule has 1 fully saturated rings.